The lowest BCUT2D eigenvalue weighted by molar-refractivity contribution is 0.584. The van der Waals surface area contributed by atoms with E-state index in [1.807, 2.05) is 6.92 Å². The molecule has 0 saturated carbocycles. The van der Waals surface area contributed by atoms with Crippen LogP contribution in [0.25, 0.3) is 0 Å². The van der Waals surface area contributed by atoms with E-state index in [-0.39, 0.29) is 10.0 Å². The van der Waals surface area contributed by atoms with E-state index < -0.39 is 10.0 Å². The maximum absolute atomic E-state index is 12.0. The number of sulfonamides is 1. The van der Waals surface area contributed by atoms with Gasteiger partial charge < -0.3 is 0 Å². The molecule has 1 N–H and O–H groups in total. The number of rotatable bonds is 4. The van der Waals surface area contributed by atoms with Crippen molar-refractivity contribution in [2.24, 2.45) is 5.10 Å². The Morgan fingerprint density at radius 1 is 1.29 bits per heavy atom. The van der Waals surface area contributed by atoms with E-state index in [9.17, 15) is 8.42 Å². The number of halogens is 2. The molecule has 1 aromatic carbocycles. The Hall–Kier alpha value is -1.19. The molecule has 8 heteroatoms. The Morgan fingerprint density at radius 2 is 1.95 bits per heavy atom. The standard InChI is InChI=1S/C13H11ClIN3O2S/c1-9-2-4-10(5-3-9)21(19,20)18-17-8-11-12(15)6-7-16-13(11)14/h2-8,18H,1H3. The molecule has 0 fully saturated rings. The summed E-state index contributed by atoms with van der Waals surface area (Å²) >= 11 is 8.00. The van der Waals surface area contributed by atoms with Gasteiger partial charge in [-0.3, -0.25) is 0 Å². The predicted molar refractivity (Wildman–Crippen MR) is 91.1 cm³/mol. The molecular weight excluding hydrogens is 425 g/mol. The van der Waals surface area contributed by atoms with Crippen molar-refractivity contribution in [2.75, 3.05) is 0 Å². The first-order valence-corrected chi connectivity index (χ1v) is 8.76. The molecule has 1 aromatic heterocycles. The molecule has 110 valence electrons. The minimum Gasteiger partial charge on any atom is -0.244 e. The number of pyridine rings is 1. The Kier molecular flexibility index (Phi) is 5.17. The molecule has 0 saturated heterocycles. The highest BCUT2D eigenvalue weighted by Gasteiger charge is 2.12. The fraction of sp³-hybridized carbons (Fsp3) is 0.0769. The summed E-state index contributed by atoms with van der Waals surface area (Å²) in [7, 11) is -3.69. The molecule has 0 spiro atoms. The van der Waals surface area contributed by atoms with Gasteiger partial charge in [-0.2, -0.15) is 13.5 Å². The van der Waals surface area contributed by atoms with Gasteiger partial charge >= 0.3 is 0 Å². The summed E-state index contributed by atoms with van der Waals surface area (Å²) in [5.41, 5.74) is 1.54. The normalized spacial score (nSPS) is 11.8. The average molecular weight is 436 g/mol. The SMILES string of the molecule is Cc1ccc(S(=O)(=O)NN=Cc2c(I)ccnc2Cl)cc1. The van der Waals surface area contributed by atoms with Gasteiger partial charge in [-0.05, 0) is 47.7 Å². The van der Waals surface area contributed by atoms with E-state index in [0.29, 0.717) is 5.56 Å². The molecule has 0 aliphatic heterocycles. The predicted octanol–water partition coefficient (Wildman–Crippen LogP) is 2.96. The van der Waals surface area contributed by atoms with Crippen molar-refractivity contribution in [3.05, 3.63) is 56.4 Å². The summed E-state index contributed by atoms with van der Waals surface area (Å²) in [5, 5.41) is 4.01. The molecule has 2 aromatic rings. The molecule has 0 atom stereocenters. The number of aryl methyl sites for hydroxylation is 1. The van der Waals surface area contributed by atoms with Crippen molar-refractivity contribution < 1.29 is 8.42 Å². The molecule has 0 amide bonds. The van der Waals surface area contributed by atoms with Gasteiger partial charge in [-0.1, -0.05) is 29.3 Å². The van der Waals surface area contributed by atoms with Crippen LogP contribution in [0.4, 0.5) is 0 Å². The third-order valence-electron chi connectivity index (χ3n) is 2.59. The fourth-order valence-corrected chi connectivity index (χ4v) is 3.18. The molecule has 0 unspecified atom stereocenters. The smallest absolute Gasteiger partial charge is 0.244 e. The Morgan fingerprint density at radius 3 is 2.57 bits per heavy atom. The van der Waals surface area contributed by atoms with Crippen LogP contribution in [-0.2, 0) is 10.0 Å². The van der Waals surface area contributed by atoms with E-state index in [1.54, 1.807) is 24.4 Å². The zero-order chi connectivity index (χ0) is 15.5. The highest BCUT2D eigenvalue weighted by atomic mass is 127. The van der Waals surface area contributed by atoms with Gasteiger partial charge in [-0.25, -0.2) is 9.82 Å². The van der Waals surface area contributed by atoms with Crippen LogP contribution >= 0.6 is 34.2 Å². The molecule has 0 aliphatic rings. The first-order valence-electron chi connectivity index (χ1n) is 5.82. The van der Waals surface area contributed by atoms with Gasteiger partial charge in [0, 0.05) is 15.3 Å². The average Bonchev–Trinajstić information content (AvgIpc) is 2.42. The minimum absolute atomic E-state index is 0.150. The van der Waals surface area contributed by atoms with Crippen LogP contribution in [0.5, 0.6) is 0 Å². The number of hydrogen-bond acceptors (Lipinski definition) is 4. The number of nitrogens with one attached hydrogen (secondary N) is 1. The van der Waals surface area contributed by atoms with E-state index in [4.69, 9.17) is 11.6 Å². The fourth-order valence-electron chi connectivity index (χ4n) is 1.47. The van der Waals surface area contributed by atoms with Crippen molar-refractivity contribution in [3.63, 3.8) is 0 Å². The lowest BCUT2D eigenvalue weighted by Crippen LogP contribution is -2.18. The maximum Gasteiger partial charge on any atom is 0.276 e. The summed E-state index contributed by atoms with van der Waals surface area (Å²) in [6, 6.07) is 8.24. The van der Waals surface area contributed by atoms with Gasteiger partial charge in [0.2, 0.25) is 0 Å². The van der Waals surface area contributed by atoms with Crippen LogP contribution in [-0.4, -0.2) is 19.6 Å². The van der Waals surface area contributed by atoms with Crippen LogP contribution < -0.4 is 4.83 Å². The van der Waals surface area contributed by atoms with Gasteiger partial charge in [0.15, 0.2) is 0 Å². The second kappa shape index (κ2) is 6.71. The van der Waals surface area contributed by atoms with Crippen molar-refractivity contribution in [2.45, 2.75) is 11.8 Å². The minimum atomic E-state index is -3.69. The number of hydrazone groups is 1. The Bertz CT molecular complexity index is 756. The summed E-state index contributed by atoms with van der Waals surface area (Å²) in [6.45, 7) is 1.88. The number of aromatic nitrogens is 1. The van der Waals surface area contributed by atoms with Crippen LogP contribution in [0.1, 0.15) is 11.1 Å². The number of hydrogen-bond donors (Lipinski definition) is 1. The van der Waals surface area contributed by atoms with Crippen LogP contribution in [0.15, 0.2) is 46.5 Å². The summed E-state index contributed by atoms with van der Waals surface area (Å²) in [6.07, 6.45) is 2.90. The monoisotopic (exact) mass is 435 g/mol. The molecule has 0 aliphatic carbocycles. The summed E-state index contributed by atoms with van der Waals surface area (Å²) in [5.74, 6) is 0. The van der Waals surface area contributed by atoms with Crippen LogP contribution in [0.2, 0.25) is 5.15 Å². The van der Waals surface area contributed by atoms with Crippen molar-refractivity contribution in [1.29, 1.82) is 0 Å². The first-order chi connectivity index (χ1) is 9.90. The Balaban J connectivity index is 2.19. The summed E-state index contributed by atoms with van der Waals surface area (Å²) in [4.78, 5) is 6.21. The van der Waals surface area contributed by atoms with E-state index in [1.165, 1.54) is 18.3 Å². The van der Waals surface area contributed by atoms with Crippen molar-refractivity contribution in [1.82, 2.24) is 9.82 Å². The quantitative estimate of drug-likeness (QED) is 0.347. The lowest BCUT2D eigenvalue weighted by Gasteiger charge is -2.04. The second-order valence-corrected chi connectivity index (χ2v) is 7.34. The highest BCUT2D eigenvalue weighted by Crippen LogP contribution is 2.17. The molecule has 0 radical (unpaired) electrons. The van der Waals surface area contributed by atoms with Gasteiger partial charge in [0.05, 0.1) is 11.1 Å². The van der Waals surface area contributed by atoms with Crippen molar-refractivity contribution in [3.8, 4) is 0 Å². The molecule has 0 bridgehead atoms. The van der Waals surface area contributed by atoms with E-state index in [0.717, 1.165) is 9.13 Å². The second-order valence-electron chi connectivity index (χ2n) is 4.16. The molecule has 1 heterocycles. The Labute approximate surface area is 141 Å². The zero-order valence-electron chi connectivity index (χ0n) is 10.9. The summed E-state index contributed by atoms with van der Waals surface area (Å²) < 4.78 is 24.9. The third-order valence-corrected chi connectivity index (χ3v) is 5.07. The zero-order valence-corrected chi connectivity index (χ0v) is 14.6. The highest BCUT2D eigenvalue weighted by molar-refractivity contribution is 14.1. The largest absolute Gasteiger partial charge is 0.276 e. The maximum atomic E-state index is 12.0. The van der Waals surface area contributed by atoms with Gasteiger partial charge in [-0.15, -0.1) is 0 Å². The van der Waals surface area contributed by atoms with E-state index in [2.05, 4.69) is 37.5 Å². The number of nitrogens with zero attached hydrogens (tertiary/aromatic N) is 2. The topological polar surface area (TPSA) is 71.4 Å². The van der Waals surface area contributed by atoms with E-state index >= 15 is 0 Å². The van der Waals surface area contributed by atoms with Gasteiger partial charge in [0.25, 0.3) is 10.0 Å². The molecule has 21 heavy (non-hydrogen) atoms. The molecular formula is C13H11ClIN3O2S. The van der Waals surface area contributed by atoms with Gasteiger partial charge in [0.1, 0.15) is 5.15 Å². The van der Waals surface area contributed by atoms with Crippen LogP contribution in [0.3, 0.4) is 0 Å². The van der Waals surface area contributed by atoms with Crippen molar-refractivity contribution >= 4 is 50.4 Å². The third kappa shape index (κ3) is 4.14. The molecule has 5 nitrogen and oxygen atoms in total. The first kappa shape index (κ1) is 16.2. The van der Waals surface area contributed by atoms with Crippen LogP contribution in [0, 0.1) is 10.5 Å². The lowest BCUT2D eigenvalue weighted by atomic mass is 10.2. The number of benzene rings is 1. The molecule has 2 rings (SSSR count).